The highest BCUT2D eigenvalue weighted by atomic mass is 35.5. The summed E-state index contributed by atoms with van der Waals surface area (Å²) in [7, 11) is -3.10. The van der Waals surface area contributed by atoms with Gasteiger partial charge in [0.25, 0.3) is 0 Å². The van der Waals surface area contributed by atoms with Crippen molar-refractivity contribution >= 4 is 25.3 Å². The molecule has 3 nitrogen and oxygen atoms in total. The fraction of sp³-hybridized carbons (Fsp3) is 0.750. The number of carbonyl (C=O) groups is 1. The molecule has 0 aromatic rings. The maximum Gasteiger partial charge on any atom is 0.199 e. The van der Waals surface area contributed by atoms with Gasteiger partial charge in [-0.2, -0.15) is 0 Å². The highest BCUT2D eigenvalue weighted by molar-refractivity contribution is 7.57. The average Bonchev–Trinajstić information content (AvgIpc) is 1.62. The van der Waals surface area contributed by atoms with Crippen molar-refractivity contribution in [2.75, 3.05) is 12.8 Å². The molecule has 0 spiro atoms. The van der Waals surface area contributed by atoms with E-state index in [4.69, 9.17) is 16.5 Å². The molecule has 0 rings (SSSR count). The van der Waals surface area contributed by atoms with Crippen LogP contribution in [0.2, 0.25) is 0 Å². The van der Waals surface area contributed by atoms with Crippen LogP contribution in [0.1, 0.15) is 0 Å². The lowest BCUT2D eigenvalue weighted by Crippen LogP contribution is -2.05. The predicted octanol–water partition coefficient (Wildman–Crippen LogP) is 0.693. The van der Waals surface area contributed by atoms with E-state index in [0.29, 0.717) is 6.29 Å². The summed E-state index contributed by atoms with van der Waals surface area (Å²) in [5.74, 6) is 0. The van der Waals surface area contributed by atoms with Gasteiger partial charge in [0, 0.05) is 12.8 Å². The molecule has 0 aromatic carbocycles. The Bertz CT molecular complexity index is 141. The summed E-state index contributed by atoms with van der Waals surface area (Å²) in [5, 5.41) is -0.828. The summed E-state index contributed by atoms with van der Waals surface area (Å²) >= 11 is 5.25. The molecule has 0 saturated carbocycles. The quantitative estimate of drug-likeness (QED) is 0.385. The molecular formula is C4H8ClO3P. The predicted molar refractivity (Wildman–Crippen MR) is 36.3 cm³/mol. The number of alkyl halides is 1. The van der Waals surface area contributed by atoms with Gasteiger partial charge in [0.1, 0.15) is 6.29 Å². The first-order chi connectivity index (χ1) is 3.95. The molecule has 9 heavy (non-hydrogen) atoms. The minimum atomic E-state index is -3.10. The third kappa shape index (κ3) is 6.03. The van der Waals surface area contributed by atoms with Crippen LogP contribution in [0, 0.1) is 0 Å². The second kappa shape index (κ2) is 3.35. The van der Waals surface area contributed by atoms with Crippen LogP contribution in [0.5, 0.6) is 0 Å². The number of halogens is 1. The topological polar surface area (TPSA) is 54.4 Å². The van der Waals surface area contributed by atoms with Crippen LogP contribution < -0.4 is 0 Å². The molecule has 0 radical (unpaired) electrons. The minimum Gasteiger partial charge on any atom is -0.344 e. The minimum absolute atomic E-state index is 0.141. The molecule has 0 saturated heterocycles. The van der Waals surface area contributed by atoms with Gasteiger partial charge in [0.05, 0.1) is 5.38 Å². The molecule has 54 valence electrons. The first kappa shape index (κ1) is 9.15. The SMILES string of the molecule is CP(=O)(O)CC(Cl)C=O. The van der Waals surface area contributed by atoms with Crippen molar-refractivity contribution in [2.45, 2.75) is 5.38 Å². The van der Waals surface area contributed by atoms with Crippen molar-refractivity contribution in [1.29, 1.82) is 0 Å². The van der Waals surface area contributed by atoms with Gasteiger partial charge >= 0.3 is 0 Å². The zero-order valence-electron chi connectivity index (χ0n) is 4.95. The Morgan fingerprint density at radius 2 is 2.33 bits per heavy atom. The summed E-state index contributed by atoms with van der Waals surface area (Å²) in [6.45, 7) is 1.17. The zero-order valence-corrected chi connectivity index (χ0v) is 6.60. The van der Waals surface area contributed by atoms with Crippen LogP contribution in [0.4, 0.5) is 0 Å². The van der Waals surface area contributed by atoms with E-state index in [1.807, 2.05) is 0 Å². The van der Waals surface area contributed by atoms with Gasteiger partial charge in [-0.3, -0.25) is 4.57 Å². The largest absolute Gasteiger partial charge is 0.344 e. The second-order valence-corrected chi connectivity index (χ2v) is 4.91. The van der Waals surface area contributed by atoms with Gasteiger partial charge in [-0.1, -0.05) is 0 Å². The van der Waals surface area contributed by atoms with Gasteiger partial charge < -0.3 is 9.69 Å². The van der Waals surface area contributed by atoms with Crippen molar-refractivity contribution in [2.24, 2.45) is 0 Å². The standard InChI is InChI=1S/C4H8ClO3P/c1-9(7,8)3-4(5)2-6/h2,4H,3H2,1H3,(H,7,8). The summed E-state index contributed by atoms with van der Waals surface area (Å²) in [4.78, 5) is 18.4. The molecule has 1 N–H and O–H groups in total. The first-order valence-electron chi connectivity index (χ1n) is 2.34. The van der Waals surface area contributed by atoms with Crippen molar-refractivity contribution in [3.05, 3.63) is 0 Å². The van der Waals surface area contributed by atoms with Gasteiger partial charge in [-0.05, 0) is 0 Å². The third-order valence-electron chi connectivity index (χ3n) is 0.661. The highest BCUT2D eigenvalue weighted by Gasteiger charge is 2.15. The van der Waals surface area contributed by atoms with E-state index in [2.05, 4.69) is 0 Å². The third-order valence-corrected chi connectivity index (χ3v) is 2.20. The fourth-order valence-electron chi connectivity index (χ4n) is 0.367. The molecule has 0 bridgehead atoms. The summed E-state index contributed by atoms with van der Waals surface area (Å²) in [5.41, 5.74) is 0. The molecule has 0 fully saturated rings. The van der Waals surface area contributed by atoms with Gasteiger partial charge in [0.15, 0.2) is 7.37 Å². The Hall–Kier alpha value is 0.150. The van der Waals surface area contributed by atoms with Crippen molar-refractivity contribution in [3.63, 3.8) is 0 Å². The van der Waals surface area contributed by atoms with E-state index >= 15 is 0 Å². The normalized spacial score (nSPS) is 20.3. The Morgan fingerprint density at radius 1 is 1.89 bits per heavy atom. The van der Waals surface area contributed by atoms with Gasteiger partial charge in [0.2, 0.25) is 0 Å². The zero-order chi connectivity index (χ0) is 7.49. The Balaban J connectivity index is 3.74. The van der Waals surface area contributed by atoms with E-state index in [1.54, 1.807) is 0 Å². The smallest absolute Gasteiger partial charge is 0.199 e. The first-order valence-corrected chi connectivity index (χ1v) is 5.07. The molecule has 0 aliphatic rings. The number of hydrogen-bond acceptors (Lipinski definition) is 2. The van der Waals surface area contributed by atoms with Crippen molar-refractivity contribution in [3.8, 4) is 0 Å². The number of rotatable bonds is 3. The van der Waals surface area contributed by atoms with Crippen LogP contribution in [0.25, 0.3) is 0 Å². The van der Waals surface area contributed by atoms with E-state index in [9.17, 15) is 9.36 Å². The number of hydrogen-bond donors (Lipinski definition) is 1. The van der Waals surface area contributed by atoms with E-state index < -0.39 is 12.7 Å². The van der Waals surface area contributed by atoms with Gasteiger partial charge in [-0.25, -0.2) is 0 Å². The van der Waals surface area contributed by atoms with Crippen molar-refractivity contribution in [1.82, 2.24) is 0 Å². The molecule has 2 atom stereocenters. The Morgan fingerprint density at radius 3 is 2.44 bits per heavy atom. The molecule has 0 aliphatic carbocycles. The molecule has 5 heteroatoms. The average molecular weight is 171 g/mol. The summed E-state index contributed by atoms with van der Waals surface area (Å²) < 4.78 is 10.5. The maximum absolute atomic E-state index is 10.5. The molecule has 0 aromatic heterocycles. The maximum atomic E-state index is 10.5. The van der Waals surface area contributed by atoms with Crippen LogP contribution in [-0.4, -0.2) is 29.4 Å². The lowest BCUT2D eigenvalue weighted by Gasteiger charge is -2.03. The summed E-state index contributed by atoms with van der Waals surface area (Å²) in [6.07, 6.45) is 0.311. The molecule has 2 unspecified atom stereocenters. The molecular weight excluding hydrogens is 162 g/mol. The van der Waals surface area contributed by atoms with Crippen LogP contribution >= 0.6 is 19.0 Å². The monoisotopic (exact) mass is 170 g/mol. The number of carbonyl (C=O) groups excluding carboxylic acids is 1. The van der Waals surface area contributed by atoms with E-state index in [0.717, 1.165) is 0 Å². The molecule has 0 aliphatic heterocycles. The Kier molecular flexibility index (Phi) is 3.41. The summed E-state index contributed by atoms with van der Waals surface area (Å²) in [6, 6.07) is 0. The second-order valence-electron chi connectivity index (χ2n) is 1.89. The van der Waals surface area contributed by atoms with Crippen LogP contribution in [-0.2, 0) is 9.36 Å². The molecule has 0 amide bonds. The highest BCUT2D eigenvalue weighted by Crippen LogP contribution is 2.36. The van der Waals surface area contributed by atoms with Gasteiger partial charge in [-0.15, -0.1) is 11.6 Å². The lowest BCUT2D eigenvalue weighted by molar-refractivity contribution is -0.107. The van der Waals surface area contributed by atoms with Crippen molar-refractivity contribution < 1.29 is 14.3 Å². The fourth-order valence-corrected chi connectivity index (χ4v) is 1.87. The molecule has 0 heterocycles. The van der Waals surface area contributed by atoms with Crippen LogP contribution in [0.15, 0.2) is 0 Å². The lowest BCUT2D eigenvalue weighted by atomic mass is 10.5. The van der Waals surface area contributed by atoms with E-state index in [-0.39, 0.29) is 6.16 Å². The Labute approximate surface area is 58.5 Å². The van der Waals surface area contributed by atoms with Crippen LogP contribution in [0.3, 0.4) is 0 Å². The van der Waals surface area contributed by atoms with E-state index in [1.165, 1.54) is 6.66 Å². The number of aldehydes is 1.